The number of carbonyl (C=O) groups excluding carboxylic acids is 4. The van der Waals surface area contributed by atoms with Gasteiger partial charge in [-0.3, -0.25) is 14.4 Å². The topological polar surface area (TPSA) is 186 Å². The van der Waals surface area contributed by atoms with Gasteiger partial charge in [-0.15, -0.1) is 0 Å². The molecule has 14 nitrogen and oxygen atoms in total. The van der Waals surface area contributed by atoms with Crippen molar-refractivity contribution in [2.24, 2.45) is 4.99 Å². The van der Waals surface area contributed by atoms with Crippen LogP contribution >= 0.6 is 11.6 Å². The Morgan fingerprint density at radius 3 is 2.19 bits per heavy atom. The summed E-state index contributed by atoms with van der Waals surface area (Å²) in [5.41, 5.74) is 2.84. The third-order valence-electron chi connectivity index (χ3n) is 8.81. The summed E-state index contributed by atoms with van der Waals surface area (Å²) in [4.78, 5) is 67.0. The number of esters is 1. The van der Waals surface area contributed by atoms with Crippen molar-refractivity contribution in [1.82, 2.24) is 20.3 Å². The van der Waals surface area contributed by atoms with Crippen molar-refractivity contribution in [3.8, 4) is 6.01 Å². The molecule has 1 aliphatic rings. The second-order valence-electron chi connectivity index (χ2n) is 13.3. The van der Waals surface area contributed by atoms with Gasteiger partial charge in [0.15, 0.2) is 6.61 Å². The lowest BCUT2D eigenvalue weighted by atomic mass is 10.0. The maximum Gasteiger partial charge on any atom is 0.422 e. The van der Waals surface area contributed by atoms with E-state index in [4.69, 9.17) is 21.1 Å². The first-order chi connectivity index (χ1) is 28.3. The standard InChI is InChI=1S/C41H36ClF3N8O6/c1-58-36(57)32(18-21-46-34(55)35(56)47-31-9-5-8-26(23-31)22-25-6-3-2-4-7-25)49-33(54)27-10-16-30(17-11-27)48-37-50-38(52-39(51-37)59-24-41(43,44)45)53-40(19-20-40)28-12-14-29(42)15-13-28/h2-17,23H,18-22,24H2,1H3,(H,46,55)(H,47,56)(H2,48,50,51,52,53). The van der Waals surface area contributed by atoms with Crippen LogP contribution in [0.15, 0.2) is 108 Å². The van der Waals surface area contributed by atoms with E-state index >= 15 is 0 Å². The van der Waals surface area contributed by atoms with E-state index in [0.717, 1.165) is 23.8 Å². The lowest BCUT2D eigenvalue weighted by Crippen LogP contribution is -2.37. The summed E-state index contributed by atoms with van der Waals surface area (Å²) >= 11 is 6.04. The number of aliphatic imine (C=N–C) groups is 1. The van der Waals surface area contributed by atoms with Gasteiger partial charge in [-0.05, 0) is 84.5 Å². The minimum absolute atomic E-state index is 0.0373. The number of benzene rings is 4. The Bertz CT molecular complexity index is 2340. The summed E-state index contributed by atoms with van der Waals surface area (Å²) in [6.07, 6.45) is -2.84. The number of rotatable bonds is 15. The lowest BCUT2D eigenvalue weighted by molar-refractivity contribution is -0.154. The predicted molar refractivity (Wildman–Crippen MR) is 213 cm³/mol. The van der Waals surface area contributed by atoms with Gasteiger partial charge in [-0.1, -0.05) is 66.2 Å². The Kier molecular flexibility index (Phi) is 13.2. The first-order valence-corrected chi connectivity index (χ1v) is 18.4. The van der Waals surface area contributed by atoms with E-state index < -0.39 is 48.0 Å². The molecular weight excluding hydrogens is 793 g/mol. The van der Waals surface area contributed by atoms with Gasteiger partial charge in [0.1, 0.15) is 5.71 Å². The third-order valence-corrected chi connectivity index (χ3v) is 9.06. The van der Waals surface area contributed by atoms with E-state index in [0.29, 0.717) is 35.7 Å². The van der Waals surface area contributed by atoms with Crippen LogP contribution in [0.3, 0.4) is 0 Å². The summed E-state index contributed by atoms with van der Waals surface area (Å²) in [5, 5.41) is 11.6. The van der Waals surface area contributed by atoms with Gasteiger partial charge in [0, 0.05) is 34.9 Å². The lowest BCUT2D eigenvalue weighted by Gasteiger charge is -2.19. The fourth-order valence-corrected chi connectivity index (χ4v) is 5.89. The molecule has 0 atom stereocenters. The third kappa shape index (κ3) is 12.1. The van der Waals surface area contributed by atoms with Gasteiger partial charge in [0.05, 0.1) is 12.6 Å². The Balaban J connectivity index is 1.07. The Labute approximate surface area is 340 Å². The fourth-order valence-electron chi connectivity index (χ4n) is 5.76. The molecule has 0 aliphatic heterocycles. The molecule has 4 aromatic carbocycles. The van der Waals surface area contributed by atoms with Gasteiger partial charge in [0.25, 0.3) is 5.91 Å². The zero-order valence-corrected chi connectivity index (χ0v) is 32.1. The number of aromatic nitrogens is 3. The number of amides is 3. The zero-order chi connectivity index (χ0) is 42.0. The Hall–Kier alpha value is -6.88. The van der Waals surface area contributed by atoms with Crippen molar-refractivity contribution in [2.75, 3.05) is 36.2 Å². The molecule has 5 aromatic rings. The fraction of sp³-hybridized carbons (Fsp3) is 0.220. The van der Waals surface area contributed by atoms with Crippen molar-refractivity contribution in [3.63, 3.8) is 0 Å². The van der Waals surface area contributed by atoms with E-state index in [1.807, 2.05) is 48.5 Å². The van der Waals surface area contributed by atoms with Crippen molar-refractivity contribution in [1.29, 1.82) is 0 Å². The van der Waals surface area contributed by atoms with Crippen LogP contribution < -0.4 is 26.0 Å². The first kappa shape index (κ1) is 41.7. The molecule has 3 amide bonds. The summed E-state index contributed by atoms with van der Waals surface area (Å²) in [5.74, 6) is -3.82. The number of hydrogen-bond donors (Lipinski definition) is 4. The van der Waals surface area contributed by atoms with Crippen LogP contribution in [0.2, 0.25) is 5.02 Å². The quantitative estimate of drug-likeness (QED) is 0.0494. The summed E-state index contributed by atoms with van der Waals surface area (Å²) in [6.45, 7) is -1.85. The van der Waals surface area contributed by atoms with E-state index in [1.165, 1.54) is 24.3 Å². The van der Waals surface area contributed by atoms with Crippen LogP contribution in [0.5, 0.6) is 6.01 Å². The second-order valence-corrected chi connectivity index (χ2v) is 13.7. The van der Waals surface area contributed by atoms with Crippen LogP contribution in [-0.4, -0.2) is 70.8 Å². The van der Waals surface area contributed by atoms with Crippen molar-refractivity contribution in [3.05, 3.63) is 130 Å². The molecule has 6 rings (SSSR count). The maximum absolute atomic E-state index is 13.1. The highest BCUT2D eigenvalue weighted by molar-refractivity contribution is 6.40. The van der Waals surface area contributed by atoms with Crippen molar-refractivity contribution < 1.29 is 41.8 Å². The molecule has 1 aliphatic carbocycles. The van der Waals surface area contributed by atoms with Crippen molar-refractivity contribution >= 4 is 64.3 Å². The Morgan fingerprint density at radius 2 is 1.51 bits per heavy atom. The molecule has 0 unspecified atom stereocenters. The molecule has 1 heterocycles. The van der Waals surface area contributed by atoms with Crippen LogP contribution in [0, 0.1) is 0 Å². The Morgan fingerprint density at radius 1 is 0.814 bits per heavy atom. The van der Waals surface area contributed by atoms with Crippen LogP contribution in [0.1, 0.15) is 46.3 Å². The van der Waals surface area contributed by atoms with Crippen LogP contribution in [0.4, 0.5) is 36.4 Å². The molecule has 0 saturated heterocycles. The number of ether oxygens (including phenoxy) is 2. The van der Waals surface area contributed by atoms with Crippen LogP contribution in [-0.2, 0) is 31.1 Å². The molecule has 4 N–H and O–H groups in total. The monoisotopic (exact) mass is 828 g/mol. The molecule has 18 heteroatoms. The number of halogens is 4. The molecule has 1 aromatic heterocycles. The first-order valence-electron chi connectivity index (χ1n) is 18.1. The van der Waals surface area contributed by atoms with E-state index in [2.05, 4.69) is 41.2 Å². The number of nitrogens with one attached hydrogen (secondary N) is 4. The highest BCUT2D eigenvalue weighted by Gasteiger charge is 2.45. The highest BCUT2D eigenvalue weighted by atomic mass is 35.5. The average molecular weight is 829 g/mol. The minimum atomic E-state index is -4.64. The minimum Gasteiger partial charge on any atom is -0.465 e. The number of anilines is 4. The van der Waals surface area contributed by atoms with Gasteiger partial charge in [-0.25, -0.2) is 9.79 Å². The van der Waals surface area contributed by atoms with E-state index in [1.54, 1.807) is 30.3 Å². The SMILES string of the molecule is COC(=O)C(CCNC(=O)C(=O)Nc1cccc(Cc2ccccc2)c1)=NC(=O)c1ccc(Nc2nc(NC3(c4ccc(Cl)cc4)CC3)nc(OCC(F)(F)F)n2)cc1. The number of nitrogens with zero attached hydrogens (tertiary/aromatic N) is 4. The number of methoxy groups -OCH3 is 1. The van der Waals surface area contributed by atoms with Gasteiger partial charge in [0.2, 0.25) is 11.9 Å². The molecule has 304 valence electrons. The van der Waals surface area contributed by atoms with Crippen LogP contribution in [0.25, 0.3) is 0 Å². The highest BCUT2D eigenvalue weighted by Crippen LogP contribution is 2.48. The average Bonchev–Trinajstić information content (AvgIpc) is 4.00. The number of carbonyl (C=O) groups is 4. The molecule has 0 spiro atoms. The predicted octanol–water partition coefficient (Wildman–Crippen LogP) is 6.80. The smallest absolute Gasteiger partial charge is 0.422 e. The van der Waals surface area contributed by atoms with E-state index in [9.17, 15) is 32.3 Å². The second kappa shape index (κ2) is 18.6. The summed E-state index contributed by atoms with van der Waals surface area (Å²) in [6, 6.07) is 29.0. The molecule has 1 saturated carbocycles. The molecule has 0 bridgehead atoms. The molecular formula is C41H36ClF3N8O6. The molecule has 1 fully saturated rings. The van der Waals surface area contributed by atoms with Gasteiger partial charge in [-0.2, -0.15) is 28.1 Å². The maximum atomic E-state index is 13.1. The molecule has 0 radical (unpaired) electrons. The summed E-state index contributed by atoms with van der Waals surface area (Å²) in [7, 11) is 1.10. The van der Waals surface area contributed by atoms with Crippen molar-refractivity contribution in [2.45, 2.75) is 37.4 Å². The van der Waals surface area contributed by atoms with Gasteiger partial charge < -0.3 is 30.7 Å². The van der Waals surface area contributed by atoms with Gasteiger partial charge >= 0.3 is 30.0 Å². The zero-order valence-electron chi connectivity index (χ0n) is 31.3. The largest absolute Gasteiger partial charge is 0.465 e. The summed E-state index contributed by atoms with van der Waals surface area (Å²) < 4.78 is 48.6. The number of alkyl halides is 3. The van der Waals surface area contributed by atoms with E-state index in [-0.39, 0.29) is 36.1 Å². The number of hydrogen-bond acceptors (Lipinski definition) is 11. The molecule has 59 heavy (non-hydrogen) atoms. The normalized spacial score (nSPS) is 13.1.